The molecule has 0 bridgehead atoms. The van der Waals surface area contributed by atoms with Gasteiger partial charge in [0.25, 0.3) is 0 Å². The molecule has 182 valence electrons. The summed E-state index contributed by atoms with van der Waals surface area (Å²) in [7, 11) is 0. The van der Waals surface area contributed by atoms with Crippen molar-refractivity contribution in [3.8, 4) is 0 Å². The zero-order valence-electron chi connectivity index (χ0n) is 20.0. The number of carbonyl (C=O) groups is 1. The number of piperazine rings is 1. The number of hydrogen-bond donors (Lipinski definition) is 2. The number of aliphatic carboxylic acids is 1. The van der Waals surface area contributed by atoms with Gasteiger partial charge in [0, 0.05) is 48.0 Å². The van der Waals surface area contributed by atoms with Crippen LogP contribution in [0.2, 0.25) is 0 Å². The molecule has 0 amide bonds. The van der Waals surface area contributed by atoms with E-state index in [0.717, 1.165) is 57.0 Å². The van der Waals surface area contributed by atoms with Crippen LogP contribution in [0.3, 0.4) is 0 Å². The number of aliphatic imine (C=N–C) groups is 1. The summed E-state index contributed by atoms with van der Waals surface area (Å²) in [6.07, 6.45) is 10.1. The number of carboxylic acids is 1. The number of para-hydroxylation sites is 1. The van der Waals surface area contributed by atoms with Gasteiger partial charge in [0.1, 0.15) is 5.84 Å². The molecule has 2 N–H and O–H groups in total. The summed E-state index contributed by atoms with van der Waals surface area (Å²) in [4.78, 5) is 20.1. The number of unbranched alkanes of at least 4 members (excludes halogenated alkanes) is 6. The van der Waals surface area contributed by atoms with Gasteiger partial charge in [0.05, 0.1) is 5.69 Å². The molecule has 5 nitrogen and oxygen atoms in total. The summed E-state index contributed by atoms with van der Waals surface area (Å²) in [6, 6.07) is 17.0. The van der Waals surface area contributed by atoms with Gasteiger partial charge in [-0.25, -0.2) is 4.99 Å². The molecular formula is C28H37N3O2S. The molecule has 0 saturated carbocycles. The summed E-state index contributed by atoms with van der Waals surface area (Å²) >= 11 is 1.81. The third-order valence-corrected chi connectivity index (χ3v) is 7.05. The molecule has 6 heteroatoms. The van der Waals surface area contributed by atoms with E-state index in [1.807, 2.05) is 17.8 Å². The van der Waals surface area contributed by atoms with Gasteiger partial charge in [0.2, 0.25) is 0 Å². The van der Waals surface area contributed by atoms with E-state index in [2.05, 4.69) is 65.3 Å². The lowest BCUT2D eigenvalue weighted by Gasteiger charge is -2.30. The van der Waals surface area contributed by atoms with Crippen molar-refractivity contribution < 1.29 is 9.90 Å². The minimum absolute atomic E-state index is 0.326. The Kier molecular flexibility index (Phi) is 11.2. The maximum atomic E-state index is 10.2. The number of hydrogen-bond acceptors (Lipinski definition) is 5. The molecule has 0 aromatic heterocycles. The highest BCUT2D eigenvalue weighted by Gasteiger charge is 2.22. The zero-order chi connectivity index (χ0) is 24.0. The van der Waals surface area contributed by atoms with Gasteiger partial charge in [-0.2, -0.15) is 0 Å². The summed E-state index contributed by atoms with van der Waals surface area (Å²) < 4.78 is 0. The van der Waals surface area contributed by atoms with Crippen LogP contribution in [0.25, 0.3) is 0 Å². The number of allylic oxidation sites excluding steroid dienone is 1. The number of benzene rings is 2. The quantitative estimate of drug-likeness (QED) is 0.317. The van der Waals surface area contributed by atoms with Gasteiger partial charge in [-0.3, -0.25) is 4.79 Å². The second-order valence-electron chi connectivity index (χ2n) is 8.58. The van der Waals surface area contributed by atoms with E-state index in [-0.39, 0.29) is 0 Å². The van der Waals surface area contributed by atoms with E-state index >= 15 is 0 Å². The maximum Gasteiger partial charge on any atom is 0.303 e. The van der Waals surface area contributed by atoms with E-state index < -0.39 is 5.97 Å². The molecule has 0 radical (unpaired) electrons. The fourth-order valence-electron chi connectivity index (χ4n) is 4.06. The number of fused-ring (bicyclic) bond motifs is 2. The van der Waals surface area contributed by atoms with Crippen LogP contribution in [0.4, 0.5) is 5.69 Å². The first-order valence-electron chi connectivity index (χ1n) is 12.4. The molecule has 2 aromatic rings. The van der Waals surface area contributed by atoms with Crippen molar-refractivity contribution in [2.24, 2.45) is 4.99 Å². The second-order valence-corrected chi connectivity index (χ2v) is 9.66. The van der Waals surface area contributed by atoms with E-state index in [0.29, 0.717) is 6.42 Å². The summed E-state index contributed by atoms with van der Waals surface area (Å²) in [5.41, 5.74) is 2.33. The minimum Gasteiger partial charge on any atom is -0.481 e. The molecule has 0 spiro atoms. The predicted molar refractivity (Wildman–Crippen MR) is 142 cm³/mol. The largest absolute Gasteiger partial charge is 0.481 e. The molecule has 0 aliphatic carbocycles. The highest BCUT2D eigenvalue weighted by Crippen LogP contribution is 2.40. The molecule has 1 saturated heterocycles. The van der Waals surface area contributed by atoms with Gasteiger partial charge >= 0.3 is 5.97 Å². The van der Waals surface area contributed by atoms with Gasteiger partial charge in [-0.05, 0) is 37.5 Å². The summed E-state index contributed by atoms with van der Waals surface area (Å²) in [5.74, 6) is 0.441. The Hall–Kier alpha value is -2.57. The normalized spacial score (nSPS) is 14.6. The second kappa shape index (κ2) is 14.6. The van der Waals surface area contributed by atoms with Gasteiger partial charge < -0.3 is 15.3 Å². The highest BCUT2D eigenvalue weighted by atomic mass is 32.2. The SMILES string of the molecule is C=CCCCCCCCCC(=O)O.c1ccc2c(c1)N=C(N1CCNCC1)c1ccccc1S2. The molecule has 2 aromatic carbocycles. The summed E-state index contributed by atoms with van der Waals surface area (Å²) in [6.45, 7) is 7.74. The molecule has 4 rings (SSSR count). The van der Waals surface area contributed by atoms with Crippen molar-refractivity contribution in [3.63, 3.8) is 0 Å². The van der Waals surface area contributed by atoms with Crippen LogP contribution >= 0.6 is 11.8 Å². The smallest absolute Gasteiger partial charge is 0.303 e. The van der Waals surface area contributed by atoms with Crippen molar-refractivity contribution in [1.82, 2.24) is 10.2 Å². The van der Waals surface area contributed by atoms with E-state index in [1.54, 1.807) is 0 Å². The number of rotatable bonds is 9. The first kappa shape index (κ1) is 26.0. The Balaban J connectivity index is 0.000000218. The van der Waals surface area contributed by atoms with Crippen LogP contribution in [-0.2, 0) is 4.79 Å². The Labute approximate surface area is 208 Å². The van der Waals surface area contributed by atoms with Crippen LogP contribution in [0, 0.1) is 0 Å². The molecule has 34 heavy (non-hydrogen) atoms. The van der Waals surface area contributed by atoms with Crippen LogP contribution in [-0.4, -0.2) is 48.0 Å². The van der Waals surface area contributed by atoms with Crippen LogP contribution < -0.4 is 5.32 Å². The number of nitrogens with zero attached hydrogens (tertiary/aromatic N) is 2. The Bertz CT molecular complexity index is 954. The molecule has 2 aliphatic heterocycles. The number of amidine groups is 1. The topological polar surface area (TPSA) is 64.9 Å². The lowest BCUT2D eigenvalue weighted by molar-refractivity contribution is -0.137. The lowest BCUT2D eigenvalue weighted by atomic mass is 10.1. The van der Waals surface area contributed by atoms with E-state index in [4.69, 9.17) is 10.1 Å². The van der Waals surface area contributed by atoms with Gasteiger partial charge in [-0.1, -0.05) is 73.9 Å². The van der Waals surface area contributed by atoms with Crippen LogP contribution in [0.5, 0.6) is 0 Å². The zero-order valence-corrected chi connectivity index (χ0v) is 20.9. The van der Waals surface area contributed by atoms with Crippen LogP contribution in [0.15, 0.2) is 76.0 Å². The lowest BCUT2D eigenvalue weighted by Crippen LogP contribution is -2.46. The third-order valence-electron chi connectivity index (χ3n) is 5.90. The number of carboxylic acid groups (broad SMARTS) is 1. The molecule has 0 atom stereocenters. The standard InChI is InChI=1S/C17H17N3S.C11H20O2/c1-3-7-15-13(5-1)17(20-11-9-18-10-12-20)19-14-6-2-4-8-16(14)21-15;1-2-3-4-5-6-7-8-9-10-11(12)13/h1-8,18H,9-12H2;2H,1,3-10H2,(H,12,13). The Morgan fingerprint density at radius 3 is 2.35 bits per heavy atom. The van der Waals surface area contributed by atoms with Gasteiger partial charge in [-0.15, -0.1) is 6.58 Å². The van der Waals surface area contributed by atoms with Gasteiger partial charge in [0.15, 0.2) is 0 Å². The molecule has 2 heterocycles. The van der Waals surface area contributed by atoms with Crippen molar-refractivity contribution >= 4 is 29.3 Å². The Morgan fingerprint density at radius 2 is 1.62 bits per heavy atom. The predicted octanol–water partition coefficient (Wildman–Crippen LogP) is 6.51. The molecular weight excluding hydrogens is 442 g/mol. The fourth-order valence-corrected chi connectivity index (χ4v) is 5.08. The van der Waals surface area contributed by atoms with E-state index in [1.165, 1.54) is 41.0 Å². The average molecular weight is 480 g/mol. The first-order valence-corrected chi connectivity index (χ1v) is 13.2. The van der Waals surface area contributed by atoms with Crippen molar-refractivity contribution in [2.75, 3.05) is 26.2 Å². The van der Waals surface area contributed by atoms with Crippen molar-refractivity contribution in [1.29, 1.82) is 0 Å². The van der Waals surface area contributed by atoms with Crippen LogP contribution in [0.1, 0.15) is 56.9 Å². The first-order chi connectivity index (χ1) is 16.7. The minimum atomic E-state index is -0.674. The monoisotopic (exact) mass is 479 g/mol. The maximum absolute atomic E-state index is 10.2. The van der Waals surface area contributed by atoms with E-state index in [9.17, 15) is 4.79 Å². The highest BCUT2D eigenvalue weighted by molar-refractivity contribution is 7.99. The summed E-state index contributed by atoms with van der Waals surface area (Å²) in [5, 5.41) is 11.8. The number of nitrogens with one attached hydrogen (secondary N) is 1. The molecule has 1 fully saturated rings. The average Bonchev–Trinajstić information content (AvgIpc) is 3.03. The molecule has 0 unspecified atom stereocenters. The van der Waals surface area contributed by atoms with Crippen molar-refractivity contribution in [3.05, 3.63) is 66.7 Å². The fraction of sp³-hybridized carbons (Fsp3) is 0.429. The van der Waals surface area contributed by atoms with Crippen molar-refractivity contribution in [2.45, 2.75) is 61.2 Å². The Morgan fingerprint density at radius 1 is 0.971 bits per heavy atom. The molecule has 2 aliphatic rings. The third kappa shape index (κ3) is 8.33.